The van der Waals surface area contributed by atoms with Crippen LogP contribution in [0.2, 0.25) is 0 Å². The number of nitrogens with zero attached hydrogens (tertiary/aromatic N) is 2. The summed E-state index contributed by atoms with van der Waals surface area (Å²) in [6, 6.07) is 1.10. The summed E-state index contributed by atoms with van der Waals surface area (Å²) in [6.45, 7) is 0. The summed E-state index contributed by atoms with van der Waals surface area (Å²) in [5.41, 5.74) is -0.400. The number of pyridine rings is 1. The van der Waals surface area contributed by atoms with Gasteiger partial charge in [0.1, 0.15) is 0 Å². The maximum absolute atomic E-state index is 13.2. The Bertz CT molecular complexity index is 515. The molecule has 0 aliphatic carbocycles. The van der Waals surface area contributed by atoms with Crippen LogP contribution in [0.15, 0.2) is 23.8 Å². The molecule has 0 aliphatic heterocycles. The lowest BCUT2D eigenvalue weighted by Crippen LogP contribution is -2.14. The molecule has 0 unspecified atom stereocenters. The molecule has 0 spiro atoms. The Morgan fingerprint density at radius 2 is 2.12 bits per heavy atom. The van der Waals surface area contributed by atoms with E-state index in [1.165, 1.54) is 17.5 Å². The van der Waals surface area contributed by atoms with Gasteiger partial charge in [-0.25, -0.2) is 14.4 Å². The zero-order valence-corrected chi connectivity index (χ0v) is 8.59. The first-order chi connectivity index (χ1) is 7.68. The van der Waals surface area contributed by atoms with E-state index in [1.807, 2.05) is 0 Å². The molecular weight excluding hydrogens is 236 g/mol. The third-order valence-electron chi connectivity index (χ3n) is 1.74. The highest BCUT2D eigenvalue weighted by atomic mass is 32.1. The minimum absolute atomic E-state index is 0.321. The highest BCUT2D eigenvalue weighted by molar-refractivity contribution is 7.13. The van der Waals surface area contributed by atoms with E-state index < -0.39 is 23.2 Å². The van der Waals surface area contributed by atoms with E-state index in [1.54, 1.807) is 5.38 Å². The first kappa shape index (κ1) is 10.6. The predicted molar refractivity (Wildman–Crippen MR) is 54.2 cm³/mol. The van der Waals surface area contributed by atoms with Crippen molar-refractivity contribution >= 4 is 22.4 Å². The Balaban J connectivity index is 2.24. The van der Waals surface area contributed by atoms with Gasteiger partial charge in [0.15, 0.2) is 10.9 Å². The van der Waals surface area contributed by atoms with Crippen LogP contribution in [0, 0.1) is 11.8 Å². The second kappa shape index (κ2) is 4.31. The number of hydrogen-bond acceptors (Lipinski definition) is 4. The number of carbonyl (C=O) groups is 1. The molecular formula is C9H5F2N3OS. The first-order valence-electron chi connectivity index (χ1n) is 4.19. The van der Waals surface area contributed by atoms with Gasteiger partial charge in [-0.3, -0.25) is 10.1 Å². The molecule has 0 saturated carbocycles. The fourth-order valence-corrected chi connectivity index (χ4v) is 1.57. The van der Waals surface area contributed by atoms with Gasteiger partial charge in [0, 0.05) is 17.8 Å². The highest BCUT2D eigenvalue weighted by Crippen LogP contribution is 2.14. The van der Waals surface area contributed by atoms with Crippen LogP contribution in [-0.2, 0) is 0 Å². The molecule has 0 saturated heterocycles. The molecule has 0 radical (unpaired) electrons. The van der Waals surface area contributed by atoms with Crippen molar-refractivity contribution in [3.05, 3.63) is 41.2 Å². The van der Waals surface area contributed by atoms with Crippen molar-refractivity contribution in [3.63, 3.8) is 0 Å². The van der Waals surface area contributed by atoms with Crippen molar-refractivity contribution in [3.8, 4) is 0 Å². The topological polar surface area (TPSA) is 54.9 Å². The van der Waals surface area contributed by atoms with Crippen molar-refractivity contribution in [1.82, 2.24) is 9.97 Å². The van der Waals surface area contributed by atoms with Crippen LogP contribution in [0.5, 0.6) is 0 Å². The number of halogens is 2. The standard InChI is InChI=1S/C9H5F2N3OS/c10-6-5(1-2-12-7(6)11)8(15)14-9-13-3-4-16-9/h1-4H,(H,13,14,15). The molecule has 2 heterocycles. The third-order valence-corrected chi connectivity index (χ3v) is 2.43. The summed E-state index contributed by atoms with van der Waals surface area (Å²) < 4.78 is 25.9. The molecule has 7 heteroatoms. The number of carbonyl (C=O) groups excluding carboxylic acids is 1. The van der Waals surface area contributed by atoms with E-state index in [9.17, 15) is 13.6 Å². The number of amides is 1. The van der Waals surface area contributed by atoms with Gasteiger partial charge in [0.25, 0.3) is 5.91 Å². The van der Waals surface area contributed by atoms with Crippen molar-refractivity contribution in [2.45, 2.75) is 0 Å². The van der Waals surface area contributed by atoms with Gasteiger partial charge in [0.2, 0.25) is 5.95 Å². The number of thiazole rings is 1. The predicted octanol–water partition coefficient (Wildman–Crippen LogP) is 2.07. The van der Waals surface area contributed by atoms with Gasteiger partial charge in [-0.05, 0) is 6.07 Å². The van der Waals surface area contributed by atoms with Crippen molar-refractivity contribution < 1.29 is 13.6 Å². The quantitative estimate of drug-likeness (QED) is 0.819. The Kier molecular flexibility index (Phi) is 2.86. The molecule has 0 fully saturated rings. The van der Waals surface area contributed by atoms with Crippen molar-refractivity contribution in [2.24, 2.45) is 0 Å². The van der Waals surface area contributed by atoms with E-state index in [4.69, 9.17) is 0 Å². The van der Waals surface area contributed by atoms with E-state index in [0.717, 1.165) is 12.3 Å². The molecule has 1 amide bonds. The number of nitrogens with one attached hydrogen (secondary N) is 1. The molecule has 82 valence electrons. The molecule has 0 bridgehead atoms. The lowest BCUT2D eigenvalue weighted by Gasteiger charge is -2.02. The normalized spacial score (nSPS) is 10.1. The average molecular weight is 241 g/mol. The molecule has 2 rings (SSSR count). The zero-order chi connectivity index (χ0) is 11.5. The number of hydrogen-bond donors (Lipinski definition) is 1. The minimum Gasteiger partial charge on any atom is -0.298 e. The van der Waals surface area contributed by atoms with Crippen LogP contribution in [0.3, 0.4) is 0 Å². The fraction of sp³-hybridized carbons (Fsp3) is 0. The van der Waals surface area contributed by atoms with Crippen LogP contribution in [0.1, 0.15) is 10.4 Å². The van der Waals surface area contributed by atoms with Gasteiger partial charge in [-0.15, -0.1) is 11.3 Å². The largest absolute Gasteiger partial charge is 0.298 e. The van der Waals surface area contributed by atoms with Gasteiger partial charge in [0.05, 0.1) is 5.56 Å². The average Bonchev–Trinajstić information content (AvgIpc) is 2.74. The van der Waals surface area contributed by atoms with Crippen LogP contribution in [0.25, 0.3) is 0 Å². The van der Waals surface area contributed by atoms with E-state index >= 15 is 0 Å². The molecule has 1 N–H and O–H groups in total. The summed E-state index contributed by atoms with van der Waals surface area (Å²) in [7, 11) is 0. The van der Waals surface area contributed by atoms with Gasteiger partial charge >= 0.3 is 0 Å². The maximum atomic E-state index is 13.2. The van der Waals surface area contributed by atoms with E-state index in [-0.39, 0.29) is 0 Å². The Morgan fingerprint density at radius 3 is 2.81 bits per heavy atom. The molecule has 16 heavy (non-hydrogen) atoms. The van der Waals surface area contributed by atoms with E-state index in [2.05, 4.69) is 15.3 Å². The lowest BCUT2D eigenvalue weighted by molar-refractivity contribution is 0.102. The van der Waals surface area contributed by atoms with Crippen LogP contribution in [0.4, 0.5) is 13.9 Å². The molecule has 2 aromatic rings. The Hall–Kier alpha value is -1.89. The van der Waals surface area contributed by atoms with E-state index in [0.29, 0.717) is 5.13 Å². The zero-order valence-electron chi connectivity index (χ0n) is 7.78. The summed E-state index contributed by atoms with van der Waals surface area (Å²) in [6.07, 6.45) is 2.51. The summed E-state index contributed by atoms with van der Waals surface area (Å²) >= 11 is 1.18. The fourth-order valence-electron chi connectivity index (χ4n) is 1.04. The molecule has 0 atom stereocenters. The van der Waals surface area contributed by atoms with Crippen LogP contribution >= 0.6 is 11.3 Å². The number of anilines is 1. The van der Waals surface area contributed by atoms with Crippen LogP contribution < -0.4 is 5.32 Å². The van der Waals surface area contributed by atoms with Gasteiger partial charge < -0.3 is 0 Å². The van der Waals surface area contributed by atoms with Crippen molar-refractivity contribution in [2.75, 3.05) is 5.32 Å². The summed E-state index contributed by atoms with van der Waals surface area (Å²) in [5.74, 6) is -3.32. The van der Waals surface area contributed by atoms with Crippen LogP contribution in [-0.4, -0.2) is 15.9 Å². The van der Waals surface area contributed by atoms with Gasteiger partial charge in [-0.2, -0.15) is 4.39 Å². The first-order valence-corrected chi connectivity index (χ1v) is 5.07. The Morgan fingerprint density at radius 1 is 1.31 bits per heavy atom. The smallest absolute Gasteiger partial charge is 0.260 e. The summed E-state index contributed by atoms with van der Waals surface area (Å²) in [5, 5.41) is 4.31. The molecule has 0 aromatic carbocycles. The second-order valence-electron chi connectivity index (χ2n) is 2.75. The highest BCUT2D eigenvalue weighted by Gasteiger charge is 2.16. The monoisotopic (exact) mass is 241 g/mol. The molecule has 2 aromatic heterocycles. The Labute approximate surface area is 93.0 Å². The summed E-state index contributed by atoms with van der Waals surface area (Å²) in [4.78, 5) is 18.4. The number of rotatable bonds is 2. The molecule has 0 aliphatic rings. The van der Waals surface area contributed by atoms with Crippen molar-refractivity contribution in [1.29, 1.82) is 0 Å². The minimum atomic E-state index is -1.30. The number of aromatic nitrogens is 2. The third kappa shape index (κ3) is 2.03. The SMILES string of the molecule is O=C(Nc1nccs1)c1ccnc(F)c1F. The van der Waals surface area contributed by atoms with Gasteiger partial charge in [-0.1, -0.05) is 0 Å². The molecule has 4 nitrogen and oxygen atoms in total. The maximum Gasteiger partial charge on any atom is 0.260 e. The lowest BCUT2D eigenvalue weighted by atomic mass is 10.2. The second-order valence-corrected chi connectivity index (χ2v) is 3.65.